The largest absolute Gasteiger partial charge is 0.324 e. The van der Waals surface area contributed by atoms with Crippen LogP contribution in [0.1, 0.15) is 22.0 Å². The number of aryl methyl sites for hydroxylation is 1. The first-order valence-corrected chi connectivity index (χ1v) is 6.53. The number of fused-ring (bicyclic) bond motifs is 1. The van der Waals surface area contributed by atoms with Crippen LogP contribution in [0.2, 0.25) is 0 Å². The monoisotopic (exact) mass is 259 g/mol. The SMILES string of the molecule is Cc1cccc(Cc2nnc3sc(CN)nn23)c1. The second-order valence-corrected chi connectivity index (χ2v) is 5.22. The summed E-state index contributed by atoms with van der Waals surface area (Å²) >= 11 is 1.49. The summed E-state index contributed by atoms with van der Waals surface area (Å²) in [5.41, 5.74) is 8.04. The Balaban J connectivity index is 1.97. The topological polar surface area (TPSA) is 69.1 Å². The Bertz CT molecular complexity index is 685. The number of nitrogens with two attached hydrogens (primary N) is 1. The third-order valence-corrected chi connectivity index (χ3v) is 3.64. The summed E-state index contributed by atoms with van der Waals surface area (Å²) in [6.45, 7) is 2.52. The summed E-state index contributed by atoms with van der Waals surface area (Å²) in [6, 6.07) is 8.37. The van der Waals surface area contributed by atoms with E-state index in [2.05, 4.69) is 46.5 Å². The van der Waals surface area contributed by atoms with E-state index in [0.29, 0.717) is 6.54 Å². The van der Waals surface area contributed by atoms with Gasteiger partial charge in [0.25, 0.3) is 0 Å². The van der Waals surface area contributed by atoms with E-state index in [0.717, 1.165) is 22.2 Å². The van der Waals surface area contributed by atoms with Crippen LogP contribution in [0.15, 0.2) is 24.3 Å². The number of nitrogens with zero attached hydrogens (tertiary/aromatic N) is 4. The van der Waals surface area contributed by atoms with E-state index in [1.165, 1.54) is 22.5 Å². The third kappa shape index (κ3) is 2.00. The molecule has 0 aliphatic heterocycles. The minimum atomic E-state index is 0.442. The maximum Gasteiger partial charge on any atom is 0.234 e. The van der Waals surface area contributed by atoms with Gasteiger partial charge in [-0.05, 0) is 12.5 Å². The second kappa shape index (κ2) is 4.47. The molecule has 0 aliphatic rings. The Morgan fingerprint density at radius 2 is 2.22 bits per heavy atom. The fourth-order valence-electron chi connectivity index (χ4n) is 1.89. The van der Waals surface area contributed by atoms with Crippen molar-refractivity contribution in [1.29, 1.82) is 0 Å². The average molecular weight is 259 g/mol. The number of benzene rings is 1. The summed E-state index contributed by atoms with van der Waals surface area (Å²) in [5, 5.41) is 13.6. The molecule has 2 N–H and O–H groups in total. The molecule has 0 spiro atoms. The van der Waals surface area contributed by atoms with Gasteiger partial charge in [-0.3, -0.25) is 0 Å². The van der Waals surface area contributed by atoms with Gasteiger partial charge in [0, 0.05) is 13.0 Å². The van der Waals surface area contributed by atoms with Crippen molar-refractivity contribution in [3.05, 3.63) is 46.2 Å². The lowest BCUT2D eigenvalue weighted by atomic mass is 10.1. The predicted molar refractivity (Wildman–Crippen MR) is 70.5 cm³/mol. The van der Waals surface area contributed by atoms with Crippen molar-refractivity contribution in [2.24, 2.45) is 5.73 Å². The molecule has 0 saturated carbocycles. The lowest BCUT2D eigenvalue weighted by molar-refractivity contribution is 0.821. The number of hydrogen-bond donors (Lipinski definition) is 1. The fraction of sp³-hybridized carbons (Fsp3) is 0.250. The van der Waals surface area contributed by atoms with Crippen LogP contribution in [0.4, 0.5) is 0 Å². The lowest BCUT2D eigenvalue weighted by Gasteiger charge is -1.99. The van der Waals surface area contributed by atoms with Crippen LogP contribution < -0.4 is 5.73 Å². The molecule has 0 atom stereocenters. The Morgan fingerprint density at radius 3 is 3.00 bits per heavy atom. The summed E-state index contributed by atoms with van der Waals surface area (Å²) < 4.78 is 1.79. The molecule has 0 amide bonds. The molecule has 0 bridgehead atoms. The molecule has 5 nitrogen and oxygen atoms in total. The van der Waals surface area contributed by atoms with Crippen LogP contribution in [0.3, 0.4) is 0 Å². The van der Waals surface area contributed by atoms with Crippen molar-refractivity contribution < 1.29 is 0 Å². The minimum absolute atomic E-state index is 0.442. The van der Waals surface area contributed by atoms with Crippen LogP contribution in [0.25, 0.3) is 4.96 Å². The van der Waals surface area contributed by atoms with Gasteiger partial charge in [-0.2, -0.15) is 9.61 Å². The zero-order valence-corrected chi connectivity index (χ0v) is 10.8. The van der Waals surface area contributed by atoms with E-state index in [4.69, 9.17) is 5.73 Å². The van der Waals surface area contributed by atoms with E-state index in [-0.39, 0.29) is 0 Å². The molecule has 1 aromatic carbocycles. The first-order valence-electron chi connectivity index (χ1n) is 5.72. The summed E-state index contributed by atoms with van der Waals surface area (Å²) in [4.78, 5) is 0.804. The smallest absolute Gasteiger partial charge is 0.234 e. The van der Waals surface area contributed by atoms with Gasteiger partial charge in [-0.15, -0.1) is 10.2 Å². The Labute approximate surface area is 108 Å². The van der Waals surface area contributed by atoms with Gasteiger partial charge in [-0.25, -0.2) is 0 Å². The molecule has 3 rings (SSSR count). The first-order chi connectivity index (χ1) is 8.76. The van der Waals surface area contributed by atoms with Gasteiger partial charge in [0.05, 0.1) is 0 Å². The highest BCUT2D eigenvalue weighted by molar-refractivity contribution is 7.16. The van der Waals surface area contributed by atoms with E-state index >= 15 is 0 Å². The van der Waals surface area contributed by atoms with E-state index in [1.54, 1.807) is 4.52 Å². The number of hydrogen-bond acceptors (Lipinski definition) is 5. The predicted octanol–water partition coefficient (Wildman–Crippen LogP) is 1.54. The molecule has 2 heterocycles. The highest BCUT2D eigenvalue weighted by Crippen LogP contribution is 2.15. The van der Waals surface area contributed by atoms with Crippen molar-refractivity contribution in [1.82, 2.24) is 19.8 Å². The molecule has 6 heteroatoms. The van der Waals surface area contributed by atoms with Crippen molar-refractivity contribution in [3.8, 4) is 0 Å². The average Bonchev–Trinajstić information content (AvgIpc) is 2.91. The van der Waals surface area contributed by atoms with Crippen LogP contribution in [-0.2, 0) is 13.0 Å². The van der Waals surface area contributed by atoms with Gasteiger partial charge < -0.3 is 5.73 Å². The Kier molecular flexibility index (Phi) is 2.81. The van der Waals surface area contributed by atoms with E-state index in [9.17, 15) is 0 Å². The van der Waals surface area contributed by atoms with Gasteiger partial charge in [0.1, 0.15) is 5.01 Å². The molecule has 18 heavy (non-hydrogen) atoms. The maximum absolute atomic E-state index is 5.58. The number of rotatable bonds is 3. The molecule has 3 aromatic rings. The fourth-order valence-corrected chi connectivity index (χ4v) is 2.63. The van der Waals surface area contributed by atoms with Crippen molar-refractivity contribution in [3.63, 3.8) is 0 Å². The highest BCUT2D eigenvalue weighted by Gasteiger charge is 2.11. The summed E-state index contributed by atoms with van der Waals surface area (Å²) in [6.07, 6.45) is 0.733. The summed E-state index contributed by atoms with van der Waals surface area (Å²) in [5.74, 6) is 0.853. The van der Waals surface area contributed by atoms with Crippen molar-refractivity contribution in [2.45, 2.75) is 19.9 Å². The zero-order valence-electron chi connectivity index (χ0n) is 10.00. The molecule has 0 fully saturated rings. The van der Waals surface area contributed by atoms with Crippen LogP contribution in [-0.4, -0.2) is 19.8 Å². The molecular weight excluding hydrogens is 246 g/mol. The lowest BCUT2D eigenvalue weighted by Crippen LogP contribution is -2.01. The Morgan fingerprint density at radius 1 is 1.33 bits per heavy atom. The maximum atomic E-state index is 5.58. The molecule has 2 aromatic heterocycles. The van der Waals surface area contributed by atoms with Crippen LogP contribution in [0, 0.1) is 6.92 Å². The molecule has 0 aliphatic carbocycles. The van der Waals surface area contributed by atoms with Crippen LogP contribution in [0.5, 0.6) is 0 Å². The molecule has 92 valence electrons. The summed E-state index contributed by atoms with van der Waals surface area (Å²) in [7, 11) is 0. The Hall–Kier alpha value is -1.79. The normalized spacial score (nSPS) is 11.2. The van der Waals surface area contributed by atoms with E-state index in [1.807, 2.05) is 0 Å². The van der Waals surface area contributed by atoms with Gasteiger partial charge in [0.2, 0.25) is 4.96 Å². The minimum Gasteiger partial charge on any atom is -0.324 e. The quantitative estimate of drug-likeness (QED) is 0.774. The van der Waals surface area contributed by atoms with Crippen molar-refractivity contribution in [2.75, 3.05) is 0 Å². The highest BCUT2D eigenvalue weighted by atomic mass is 32.1. The molecule has 0 radical (unpaired) electrons. The zero-order chi connectivity index (χ0) is 12.5. The van der Waals surface area contributed by atoms with Gasteiger partial charge in [0.15, 0.2) is 5.82 Å². The molecule has 0 saturated heterocycles. The first kappa shape index (κ1) is 11.3. The van der Waals surface area contributed by atoms with Crippen molar-refractivity contribution >= 4 is 16.3 Å². The standard InChI is InChI=1S/C12H13N5S/c1-8-3-2-4-9(5-8)6-10-14-15-12-17(10)16-11(7-13)18-12/h2-5H,6-7,13H2,1H3. The van der Waals surface area contributed by atoms with Gasteiger partial charge >= 0.3 is 0 Å². The molecule has 0 unspecified atom stereocenters. The second-order valence-electron chi connectivity index (χ2n) is 4.18. The third-order valence-electron chi connectivity index (χ3n) is 2.72. The molecular formula is C12H13N5S. The van der Waals surface area contributed by atoms with Crippen LogP contribution >= 0.6 is 11.3 Å². The van der Waals surface area contributed by atoms with E-state index < -0.39 is 0 Å². The number of aromatic nitrogens is 4. The van der Waals surface area contributed by atoms with Gasteiger partial charge in [-0.1, -0.05) is 41.2 Å².